The molecule has 17 heteroatoms. The van der Waals surface area contributed by atoms with E-state index in [4.69, 9.17) is 28.1 Å². The van der Waals surface area contributed by atoms with Gasteiger partial charge in [-0.2, -0.15) is 0 Å². The Morgan fingerprint density at radius 1 is 0.872 bits per heavy atom. The first-order valence-electron chi connectivity index (χ1n) is 14.2. The number of esters is 2. The molecule has 2 aliphatic rings. The molecule has 2 fully saturated rings. The normalized spacial score (nSPS) is 29.3. The molecule has 0 bridgehead atoms. The third kappa shape index (κ3) is 7.47. The van der Waals surface area contributed by atoms with Crippen LogP contribution in [-0.2, 0) is 33.3 Å². The van der Waals surface area contributed by atoms with Gasteiger partial charge < -0.3 is 69.3 Å². The van der Waals surface area contributed by atoms with Crippen molar-refractivity contribution in [1.29, 1.82) is 0 Å². The highest BCUT2D eigenvalue weighted by Gasteiger charge is 2.51. The number of benzene rings is 2. The predicted octanol–water partition coefficient (Wildman–Crippen LogP) is -0.746. The molecular weight excluding hydrogens is 632 g/mol. The summed E-state index contributed by atoms with van der Waals surface area (Å²) in [5.41, 5.74) is 0.347. The zero-order chi connectivity index (χ0) is 34.0. The third-order valence-corrected chi connectivity index (χ3v) is 7.50. The second-order valence-corrected chi connectivity index (χ2v) is 10.8. The monoisotopic (exact) mass is 665 g/mol. The number of hydrogen-bond donors (Lipinski definition) is 8. The van der Waals surface area contributed by atoms with E-state index in [2.05, 4.69) is 4.74 Å². The minimum atomic E-state index is -1.89. The van der Waals surface area contributed by atoms with E-state index < -0.39 is 92.6 Å². The molecule has 0 spiro atoms. The van der Waals surface area contributed by atoms with Crippen molar-refractivity contribution in [2.45, 2.75) is 61.7 Å². The van der Waals surface area contributed by atoms with Gasteiger partial charge in [-0.3, -0.25) is 9.59 Å². The molecule has 254 valence electrons. The van der Waals surface area contributed by atoms with Crippen LogP contribution < -0.4 is 4.74 Å². The van der Waals surface area contributed by atoms with Crippen molar-refractivity contribution < 1.29 is 83.3 Å². The molecule has 0 aliphatic carbocycles. The minimum Gasteiger partial charge on any atom is -0.508 e. The van der Waals surface area contributed by atoms with E-state index in [0.29, 0.717) is 5.56 Å². The van der Waals surface area contributed by atoms with Gasteiger partial charge in [0.2, 0.25) is 12.0 Å². The van der Waals surface area contributed by atoms with Gasteiger partial charge in [0.25, 0.3) is 0 Å². The average molecular weight is 666 g/mol. The van der Waals surface area contributed by atoms with Crippen molar-refractivity contribution in [3.05, 3.63) is 42.5 Å². The second-order valence-electron chi connectivity index (χ2n) is 10.8. The lowest BCUT2D eigenvalue weighted by Gasteiger charge is -2.44. The number of hydrogen-bond acceptors (Lipinski definition) is 16. The summed E-state index contributed by atoms with van der Waals surface area (Å²) < 4.78 is 38.5. The maximum absolute atomic E-state index is 12.1. The summed E-state index contributed by atoms with van der Waals surface area (Å²) in [4.78, 5) is 23.6. The molecule has 1 aromatic heterocycles. The zero-order valence-corrected chi connectivity index (χ0v) is 24.6. The number of rotatable bonds is 9. The maximum atomic E-state index is 12.1. The van der Waals surface area contributed by atoms with Crippen molar-refractivity contribution in [1.82, 2.24) is 0 Å². The zero-order valence-electron chi connectivity index (χ0n) is 24.6. The summed E-state index contributed by atoms with van der Waals surface area (Å²) in [6.07, 6.45) is -16.0. The van der Waals surface area contributed by atoms with Crippen molar-refractivity contribution in [3.63, 3.8) is 0 Å². The van der Waals surface area contributed by atoms with Crippen LogP contribution in [0, 0.1) is 0 Å². The Bertz CT molecular complexity index is 1580. The number of fused-ring (bicyclic) bond motifs is 1. The molecule has 47 heavy (non-hydrogen) atoms. The molecule has 2 aromatic carbocycles. The van der Waals surface area contributed by atoms with Gasteiger partial charge in [0.1, 0.15) is 72.3 Å². The van der Waals surface area contributed by atoms with Crippen LogP contribution in [0.3, 0.4) is 0 Å². The third-order valence-electron chi connectivity index (χ3n) is 7.50. The van der Waals surface area contributed by atoms with E-state index in [1.807, 2.05) is 0 Å². The highest BCUT2D eigenvalue weighted by atomic mass is 16.8. The van der Waals surface area contributed by atoms with E-state index in [1.54, 1.807) is 0 Å². The first-order valence-corrected chi connectivity index (χ1v) is 14.2. The number of carbonyl (C=O) groups excluding carboxylic acids is 2. The largest absolute Gasteiger partial charge is 0.508 e. The lowest BCUT2D eigenvalue weighted by atomic mass is 9.98. The van der Waals surface area contributed by atoms with Crippen LogP contribution in [0.1, 0.15) is 6.42 Å². The molecular formula is C30H33O17+. The van der Waals surface area contributed by atoms with Gasteiger partial charge in [0.15, 0.2) is 12.4 Å². The smallest absolute Gasteiger partial charge is 0.402 e. The molecule has 5 rings (SSSR count). The number of carbonyl (C=O) groups is 2. The summed E-state index contributed by atoms with van der Waals surface area (Å²) in [5.74, 6) is -2.88. The van der Waals surface area contributed by atoms with Crippen molar-refractivity contribution >= 4 is 22.9 Å². The van der Waals surface area contributed by atoms with E-state index in [0.717, 1.165) is 13.2 Å². The Morgan fingerprint density at radius 3 is 2.30 bits per heavy atom. The van der Waals surface area contributed by atoms with Gasteiger partial charge in [-0.25, -0.2) is 4.42 Å². The molecule has 2 aliphatic heterocycles. The van der Waals surface area contributed by atoms with Gasteiger partial charge in [-0.1, -0.05) is 0 Å². The first kappa shape index (κ1) is 34.0. The molecule has 0 amide bonds. The van der Waals surface area contributed by atoms with Gasteiger partial charge in [-0.05, 0) is 24.3 Å². The number of aliphatic hydroxyl groups excluding tert-OH is 5. The van der Waals surface area contributed by atoms with Crippen LogP contribution >= 0.6 is 0 Å². The molecule has 3 heterocycles. The Hall–Kier alpha value is -4.33. The number of phenolic OH excluding ortho intramolecular Hbond substituents is 3. The Kier molecular flexibility index (Phi) is 10.3. The van der Waals surface area contributed by atoms with E-state index >= 15 is 0 Å². The van der Waals surface area contributed by atoms with Crippen LogP contribution in [-0.4, -0.2) is 128 Å². The Labute approximate surface area is 265 Å². The molecule has 0 saturated carbocycles. The van der Waals surface area contributed by atoms with Crippen molar-refractivity contribution in [2.75, 3.05) is 20.3 Å². The number of aliphatic hydroxyl groups is 5. The van der Waals surface area contributed by atoms with Crippen molar-refractivity contribution in [2.24, 2.45) is 0 Å². The summed E-state index contributed by atoms with van der Waals surface area (Å²) in [6, 6.07) is 9.21. The molecule has 8 N–H and O–H groups in total. The number of methoxy groups -OCH3 is 1. The number of phenols is 3. The van der Waals surface area contributed by atoms with Crippen molar-refractivity contribution in [3.8, 4) is 34.3 Å². The molecule has 2 saturated heterocycles. The summed E-state index contributed by atoms with van der Waals surface area (Å²) >= 11 is 0. The Balaban J connectivity index is 1.51. The topological polar surface area (TPSA) is 263 Å². The summed E-state index contributed by atoms with van der Waals surface area (Å²) in [6.45, 7) is -1.14. The van der Waals surface area contributed by atoms with Crippen LogP contribution in [0.2, 0.25) is 0 Å². The van der Waals surface area contributed by atoms with Gasteiger partial charge in [0, 0.05) is 12.1 Å². The van der Waals surface area contributed by atoms with E-state index in [-0.39, 0.29) is 34.0 Å². The van der Waals surface area contributed by atoms with Crippen LogP contribution in [0.15, 0.2) is 46.9 Å². The molecule has 3 aromatic rings. The standard InChI is InChI=1S/C30H32O17/c1-41-21(35)9-22(36)42-11-20-24(38)25(39)28(47-29-26(40)23(37)17(34)10-43-29)30(46-20)45-19-8-15-16(33)6-14(32)7-18(15)44-27(19)12-2-4-13(31)5-3-12/h2-8,17,20,23-26,28-30,34,37-40H,9-11H2,1H3,(H2-,31,32,33)/p+1/t17-,20-,23+,24+,25+,26-,28-,29+,30-/m1/s1. The maximum Gasteiger partial charge on any atom is 0.402 e. The summed E-state index contributed by atoms with van der Waals surface area (Å²) in [7, 11) is 1.07. The number of aromatic hydroxyl groups is 3. The fraction of sp³-hybridized carbons (Fsp3) is 0.433. The Morgan fingerprint density at radius 2 is 1.60 bits per heavy atom. The molecule has 9 atom stereocenters. The first-order chi connectivity index (χ1) is 22.4. The van der Waals surface area contributed by atoms with Gasteiger partial charge in [0.05, 0.1) is 25.3 Å². The van der Waals surface area contributed by atoms with Crippen LogP contribution in [0.4, 0.5) is 0 Å². The predicted molar refractivity (Wildman–Crippen MR) is 153 cm³/mol. The number of ether oxygens (including phenoxy) is 6. The van der Waals surface area contributed by atoms with Gasteiger partial charge >= 0.3 is 23.3 Å². The lowest BCUT2D eigenvalue weighted by Crippen LogP contribution is -2.64. The molecule has 0 radical (unpaired) electrons. The van der Waals surface area contributed by atoms with E-state index in [9.17, 15) is 50.4 Å². The SMILES string of the molecule is COC(=O)CC(=O)OC[C@H]1O[C@@H](Oc2cc3c(O)cc(O)cc3[o+]c2-c2ccc(O)cc2)[C@H](O[C@@H]2OC[C@@H](O)[C@H](O)[C@H]2O)[C@@H](O)[C@H]1O. The fourth-order valence-electron chi connectivity index (χ4n) is 4.96. The van der Waals surface area contributed by atoms with E-state index in [1.165, 1.54) is 36.4 Å². The molecule has 17 nitrogen and oxygen atoms in total. The highest BCUT2D eigenvalue weighted by molar-refractivity contribution is 5.91. The minimum absolute atomic E-state index is 0.0208. The lowest BCUT2D eigenvalue weighted by molar-refractivity contribution is -0.345. The quantitative estimate of drug-likeness (QED) is 0.0794. The highest BCUT2D eigenvalue weighted by Crippen LogP contribution is 2.41. The molecule has 0 unspecified atom stereocenters. The fourth-order valence-corrected chi connectivity index (χ4v) is 4.96. The second kappa shape index (κ2) is 14.2. The van der Waals surface area contributed by atoms with Gasteiger partial charge in [-0.15, -0.1) is 0 Å². The summed E-state index contributed by atoms with van der Waals surface area (Å²) in [5, 5.41) is 83.0. The van der Waals surface area contributed by atoms with Crippen LogP contribution in [0.25, 0.3) is 22.3 Å². The average Bonchev–Trinajstić information content (AvgIpc) is 3.04. The van der Waals surface area contributed by atoms with Crippen LogP contribution in [0.5, 0.6) is 23.0 Å².